The fourth-order valence-corrected chi connectivity index (χ4v) is 3.56. The molecule has 3 aromatic rings. The summed E-state index contributed by atoms with van der Waals surface area (Å²) in [5, 5.41) is 3.51. The zero-order chi connectivity index (χ0) is 18.1. The van der Waals surface area contributed by atoms with Crippen molar-refractivity contribution >= 4 is 16.8 Å². The van der Waals surface area contributed by atoms with Crippen molar-refractivity contribution in [3.63, 3.8) is 0 Å². The maximum atomic E-state index is 12.8. The third-order valence-corrected chi connectivity index (χ3v) is 4.99. The molecule has 1 N–H and O–H groups in total. The number of nitrogens with zero attached hydrogens (tertiary/aromatic N) is 2. The van der Waals surface area contributed by atoms with Crippen LogP contribution < -0.4 is 10.9 Å². The molecule has 6 heteroatoms. The molecule has 3 heterocycles. The van der Waals surface area contributed by atoms with Crippen molar-refractivity contribution in [1.82, 2.24) is 14.9 Å². The Kier molecular flexibility index (Phi) is 4.32. The number of carbonyl (C=O) groups excluding carboxylic acids is 1. The predicted molar refractivity (Wildman–Crippen MR) is 98.3 cm³/mol. The molecule has 0 bridgehead atoms. The number of aromatic nitrogens is 2. The number of hydrogen-bond acceptors (Lipinski definition) is 4. The third kappa shape index (κ3) is 3.14. The predicted octanol–water partition coefficient (Wildman–Crippen LogP) is 3.02. The van der Waals surface area contributed by atoms with Gasteiger partial charge in [0.2, 0.25) is 0 Å². The first-order valence-electron chi connectivity index (χ1n) is 8.96. The number of carbonyl (C=O) groups is 1. The summed E-state index contributed by atoms with van der Waals surface area (Å²) in [6, 6.07) is 7.31. The van der Waals surface area contributed by atoms with Crippen LogP contribution in [0.2, 0.25) is 0 Å². The highest BCUT2D eigenvalue weighted by molar-refractivity contribution is 5.98. The van der Waals surface area contributed by atoms with Crippen LogP contribution in [0.25, 0.3) is 10.9 Å². The SMILES string of the molecule is Cc1nc2ccn(Cc3ccco3)c(=O)c2cc1C(=O)NC1CCCC1. The molecular formula is C20H21N3O3. The number of amides is 1. The van der Waals surface area contributed by atoms with Gasteiger partial charge >= 0.3 is 0 Å². The van der Waals surface area contributed by atoms with Gasteiger partial charge in [-0.05, 0) is 44.0 Å². The molecule has 3 aromatic heterocycles. The van der Waals surface area contributed by atoms with Crippen molar-refractivity contribution < 1.29 is 9.21 Å². The number of aryl methyl sites for hydroxylation is 1. The second kappa shape index (κ2) is 6.78. The zero-order valence-electron chi connectivity index (χ0n) is 14.7. The number of rotatable bonds is 4. The molecule has 0 aromatic carbocycles. The highest BCUT2D eigenvalue weighted by Gasteiger charge is 2.20. The maximum absolute atomic E-state index is 12.8. The summed E-state index contributed by atoms with van der Waals surface area (Å²) < 4.78 is 6.89. The van der Waals surface area contributed by atoms with Crippen LogP contribution in [0, 0.1) is 6.92 Å². The van der Waals surface area contributed by atoms with E-state index in [4.69, 9.17) is 4.42 Å². The van der Waals surface area contributed by atoms with Gasteiger partial charge in [-0.25, -0.2) is 0 Å². The first kappa shape index (κ1) is 16.6. The fraction of sp³-hybridized carbons (Fsp3) is 0.350. The van der Waals surface area contributed by atoms with Crippen LogP contribution in [0.15, 0.2) is 45.9 Å². The molecule has 1 fully saturated rings. The van der Waals surface area contributed by atoms with Crippen molar-refractivity contribution in [3.05, 3.63) is 64.1 Å². The van der Waals surface area contributed by atoms with Crippen LogP contribution in [-0.2, 0) is 6.54 Å². The van der Waals surface area contributed by atoms with E-state index in [1.54, 1.807) is 42.1 Å². The monoisotopic (exact) mass is 351 g/mol. The number of fused-ring (bicyclic) bond motifs is 1. The van der Waals surface area contributed by atoms with Gasteiger partial charge in [0.1, 0.15) is 5.76 Å². The van der Waals surface area contributed by atoms with Gasteiger partial charge < -0.3 is 14.3 Å². The second-order valence-electron chi connectivity index (χ2n) is 6.84. The third-order valence-electron chi connectivity index (χ3n) is 4.99. The molecule has 0 atom stereocenters. The molecule has 4 rings (SSSR count). The zero-order valence-corrected chi connectivity index (χ0v) is 14.7. The molecule has 1 saturated carbocycles. The minimum absolute atomic E-state index is 0.148. The Hall–Kier alpha value is -2.89. The van der Waals surface area contributed by atoms with E-state index in [0.717, 1.165) is 25.7 Å². The molecule has 1 amide bonds. The molecule has 1 aliphatic rings. The van der Waals surface area contributed by atoms with E-state index in [2.05, 4.69) is 10.3 Å². The van der Waals surface area contributed by atoms with Gasteiger partial charge in [0.05, 0.1) is 35.0 Å². The number of nitrogens with one attached hydrogen (secondary N) is 1. The summed E-state index contributed by atoms with van der Waals surface area (Å²) in [6.07, 6.45) is 7.62. The Balaban J connectivity index is 1.70. The first-order chi connectivity index (χ1) is 12.6. The lowest BCUT2D eigenvalue weighted by Gasteiger charge is -2.14. The summed E-state index contributed by atoms with van der Waals surface area (Å²) >= 11 is 0. The Labute approximate surface area is 150 Å². The van der Waals surface area contributed by atoms with Gasteiger partial charge in [0.15, 0.2) is 0 Å². The first-order valence-corrected chi connectivity index (χ1v) is 8.96. The lowest BCUT2D eigenvalue weighted by atomic mass is 10.1. The van der Waals surface area contributed by atoms with E-state index in [1.807, 2.05) is 6.07 Å². The van der Waals surface area contributed by atoms with Crippen molar-refractivity contribution in [2.45, 2.75) is 45.2 Å². The summed E-state index contributed by atoms with van der Waals surface area (Å²) in [4.78, 5) is 30.0. The van der Waals surface area contributed by atoms with Gasteiger partial charge in [0.25, 0.3) is 11.5 Å². The fourth-order valence-electron chi connectivity index (χ4n) is 3.56. The summed E-state index contributed by atoms with van der Waals surface area (Å²) in [5.41, 5.74) is 1.52. The van der Waals surface area contributed by atoms with Crippen LogP contribution in [0.4, 0.5) is 0 Å². The van der Waals surface area contributed by atoms with E-state index in [0.29, 0.717) is 34.5 Å². The highest BCUT2D eigenvalue weighted by Crippen LogP contribution is 2.19. The molecule has 0 aliphatic heterocycles. The molecule has 1 aliphatic carbocycles. The lowest BCUT2D eigenvalue weighted by Crippen LogP contribution is -2.33. The maximum Gasteiger partial charge on any atom is 0.260 e. The molecule has 134 valence electrons. The van der Waals surface area contributed by atoms with E-state index in [-0.39, 0.29) is 17.5 Å². The standard InChI is InChI=1S/C20H21N3O3/c1-13-16(19(24)22-14-5-2-3-6-14)11-17-18(21-13)8-9-23(20(17)25)12-15-7-4-10-26-15/h4,7-11,14H,2-3,5-6,12H2,1H3,(H,22,24). The van der Waals surface area contributed by atoms with Crippen LogP contribution in [0.1, 0.15) is 47.5 Å². The molecule has 0 saturated heterocycles. The van der Waals surface area contributed by atoms with Crippen molar-refractivity contribution in [2.75, 3.05) is 0 Å². The minimum atomic E-state index is -0.179. The van der Waals surface area contributed by atoms with Gasteiger partial charge in [-0.3, -0.25) is 14.6 Å². The van der Waals surface area contributed by atoms with E-state index in [9.17, 15) is 9.59 Å². The molecule has 6 nitrogen and oxygen atoms in total. The van der Waals surface area contributed by atoms with E-state index in [1.165, 1.54) is 0 Å². The number of pyridine rings is 2. The quantitative estimate of drug-likeness (QED) is 0.784. The van der Waals surface area contributed by atoms with Gasteiger partial charge in [-0.2, -0.15) is 0 Å². The molecular weight excluding hydrogens is 330 g/mol. The van der Waals surface area contributed by atoms with Crippen LogP contribution in [0.3, 0.4) is 0 Å². The minimum Gasteiger partial charge on any atom is -0.467 e. The van der Waals surface area contributed by atoms with E-state index >= 15 is 0 Å². The van der Waals surface area contributed by atoms with Crippen molar-refractivity contribution in [2.24, 2.45) is 0 Å². The van der Waals surface area contributed by atoms with Gasteiger partial charge in [0, 0.05) is 12.2 Å². The molecule has 0 radical (unpaired) electrons. The van der Waals surface area contributed by atoms with Gasteiger partial charge in [-0.15, -0.1) is 0 Å². The summed E-state index contributed by atoms with van der Waals surface area (Å²) in [6.45, 7) is 2.15. The highest BCUT2D eigenvalue weighted by atomic mass is 16.3. The second-order valence-corrected chi connectivity index (χ2v) is 6.84. The topological polar surface area (TPSA) is 77.1 Å². The van der Waals surface area contributed by atoms with E-state index < -0.39 is 0 Å². The molecule has 0 spiro atoms. The summed E-state index contributed by atoms with van der Waals surface area (Å²) in [5.74, 6) is 0.551. The Morgan fingerprint density at radius 2 is 2.15 bits per heavy atom. The number of hydrogen-bond donors (Lipinski definition) is 1. The number of furan rings is 1. The Bertz CT molecular complexity index is 999. The molecule has 26 heavy (non-hydrogen) atoms. The van der Waals surface area contributed by atoms with Crippen molar-refractivity contribution in [1.29, 1.82) is 0 Å². The largest absolute Gasteiger partial charge is 0.467 e. The lowest BCUT2D eigenvalue weighted by molar-refractivity contribution is 0.0937. The Morgan fingerprint density at radius 3 is 2.88 bits per heavy atom. The molecule has 0 unspecified atom stereocenters. The van der Waals surface area contributed by atoms with Gasteiger partial charge in [-0.1, -0.05) is 12.8 Å². The van der Waals surface area contributed by atoms with Crippen molar-refractivity contribution in [3.8, 4) is 0 Å². The summed E-state index contributed by atoms with van der Waals surface area (Å²) in [7, 11) is 0. The average molecular weight is 351 g/mol. The Morgan fingerprint density at radius 1 is 1.35 bits per heavy atom. The van der Waals surface area contributed by atoms with Crippen LogP contribution >= 0.6 is 0 Å². The average Bonchev–Trinajstić information content (AvgIpc) is 3.31. The van der Waals surface area contributed by atoms with Crippen LogP contribution in [-0.4, -0.2) is 21.5 Å². The normalized spacial score (nSPS) is 14.8. The van der Waals surface area contributed by atoms with Crippen LogP contribution in [0.5, 0.6) is 0 Å². The smallest absolute Gasteiger partial charge is 0.260 e.